The highest BCUT2D eigenvalue weighted by molar-refractivity contribution is 5.83. The van der Waals surface area contributed by atoms with Gasteiger partial charge in [-0.25, -0.2) is 4.79 Å². The third-order valence-corrected chi connectivity index (χ3v) is 3.39. The zero-order chi connectivity index (χ0) is 12.7. The number of carbonyl (C=O) groups excluding carboxylic acids is 2. The smallest absolute Gasteiger partial charge is 0.312 e. The number of nitrogens with two attached hydrogens (primary N) is 2. The van der Waals surface area contributed by atoms with Gasteiger partial charge in [0.1, 0.15) is 0 Å². The topological polar surface area (TPSA) is 110 Å². The summed E-state index contributed by atoms with van der Waals surface area (Å²) in [5.41, 5.74) is 10.3. The van der Waals surface area contributed by atoms with Crippen LogP contribution < -0.4 is 22.1 Å². The third kappa shape index (κ3) is 3.89. The number of urea groups is 1. The summed E-state index contributed by atoms with van der Waals surface area (Å²) in [5, 5.41) is 5.24. The second kappa shape index (κ2) is 6.44. The lowest BCUT2D eigenvalue weighted by atomic mass is 9.73. The van der Waals surface area contributed by atoms with Crippen LogP contribution in [0.5, 0.6) is 0 Å². The van der Waals surface area contributed by atoms with Gasteiger partial charge < -0.3 is 22.1 Å². The van der Waals surface area contributed by atoms with Crippen LogP contribution in [0.1, 0.15) is 32.1 Å². The van der Waals surface area contributed by atoms with Crippen molar-refractivity contribution >= 4 is 11.9 Å². The van der Waals surface area contributed by atoms with Crippen molar-refractivity contribution in [3.8, 4) is 0 Å². The molecule has 6 nitrogen and oxygen atoms in total. The zero-order valence-electron chi connectivity index (χ0n) is 10.1. The lowest BCUT2D eigenvalue weighted by molar-refractivity contribution is -0.132. The van der Waals surface area contributed by atoms with Gasteiger partial charge in [0, 0.05) is 19.6 Å². The molecule has 0 heterocycles. The number of amides is 3. The van der Waals surface area contributed by atoms with Crippen LogP contribution in [0.4, 0.5) is 4.79 Å². The van der Waals surface area contributed by atoms with Crippen molar-refractivity contribution in [2.75, 3.05) is 19.6 Å². The van der Waals surface area contributed by atoms with Gasteiger partial charge >= 0.3 is 6.03 Å². The van der Waals surface area contributed by atoms with E-state index in [4.69, 9.17) is 11.5 Å². The molecule has 3 amide bonds. The maximum Gasteiger partial charge on any atom is 0.312 e. The van der Waals surface area contributed by atoms with E-state index in [1.807, 2.05) is 0 Å². The van der Waals surface area contributed by atoms with Gasteiger partial charge in [0.05, 0.1) is 5.41 Å². The van der Waals surface area contributed by atoms with Gasteiger partial charge in [-0.3, -0.25) is 4.79 Å². The minimum atomic E-state index is -0.578. The summed E-state index contributed by atoms with van der Waals surface area (Å²) in [6.45, 7) is 1.13. The quantitative estimate of drug-likeness (QED) is 0.496. The molecule has 1 fully saturated rings. The highest BCUT2D eigenvalue weighted by atomic mass is 16.2. The number of carbonyl (C=O) groups is 2. The number of rotatable bonds is 5. The Kier molecular flexibility index (Phi) is 5.21. The fraction of sp³-hybridized carbons (Fsp3) is 0.818. The highest BCUT2D eigenvalue weighted by Gasteiger charge is 2.37. The Labute approximate surface area is 101 Å². The fourth-order valence-corrected chi connectivity index (χ4v) is 2.30. The molecule has 1 rings (SSSR count). The van der Waals surface area contributed by atoms with Crippen LogP contribution in [0.15, 0.2) is 0 Å². The first kappa shape index (κ1) is 13.8. The Bertz CT molecular complexity index is 275. The summed E-state index contributed by atoms with van der Waals surface area (Å²) in [5.74, 6) is 0.00553. The van der Waals surface area contributed by atoms with E-state index in [1.165, 1.54) is 6.42 Å². The monoisotopic (exact) mass is 242 g/mol. The summed E-state index contributed by atoms with van der Waals surface area (Å²) >= 11 is 0. The van der Waals surface area contributed by atoms with Gasteiger partial charge in [-0.15, -0.1) is 0 Å². The maximum atomic E-state index is 12.1. The van der Waals surface area contributed by atoms with E-state index in [1.54, 1.807) is 0 Å². The van der Waals surface area contributed by atoms with Crippen molar-refractivity contribution in [1.82, 2.24) is 10.6 Å². The number of hydrogen-bond donors (Lipinski definition) is 4. The van der Waals surface area contributed by atoms with E-state index in [2.05, 4.69) is 10.6 Å². The van der Waals surface area contributed by atoms with Gasteiger partial charge in [-0.05, 0) is 12.8 Å². The van der Waals surface area contributed by atoms with Gasteiger partial charge in [0.15, 0.2) is 0 Å². The Morgan fingerprint density at radius 3 is 2.18 bits per heavy atom. The summed E-state index contributed by atoms with van der Waals surface area (Å²) in [7, 11) is 0. The molecule has 17 heavy (non-hydrogen) atoms. The van der Waals surface area contributed by atoms with Crippen LogP contribution in [-0.2, 0) is 4.79 Å². The predicted octanol–water partition coefficient (Wildman–Crippen LogP) is -0.320. The van der Waals surface area contributed by atoms with Crippen molar-refractivity contribution in [2.24, 2.45) is 16.9 Å². The Morgan fingerprint density at radius 2 is 1.65 bits per heavy atom. The van der Waals surface area contributed by atoms with E-state index in [9.17, 15) is 9.59 Å². The Balaban J connectivity index is 2.36. The molecule has 6 heteroatoms. The van der Waals surface area contributed by atoms with E-state index in [-0.39, 0.29) is 5.91 Å². The average Bonchev–Trinajstić information content (AvgIpc) is 2.35. The largest absolute Gasteiger partial charge is 0.354 e. The van der Waals surface area contributed by atoms with Gasteiger partial charge in [0.25, 0.3) is 0 Å². The second-order valence-corrected chi connectivity index (χ2v) is 4.59. The fourth-order valence-electron chi connectivity index (χ4n) is 2.30. The van der Waals surface area contributed by atoms with Crippen molar-refractivity contribution < 1.29 is 9.59 Å². The minimum Gasteiger partial charge on any atom is -0.354 e. The van der Waals surface area contributed by atoms with Crippen LogP contribution in [0.2, 0.25) is 0 Å². The van der Waals surface area contributed by atoms with Gasteiger partial charge in [0.2, 0.25) is 5.91 Å². The average molecular weight is 242 g/mol. The van der Waals surface area contributed by atoms with Crippen LogP contribution in [0.3, 0.4) is 0 Å². The Morgan fingerprint density at radius 1 is 1.06 bits per heavy atom. The lowest BCUT2D eigenvalue weighted by Crippen LogP contribution is -2.49. The van der Waals surface area contributed by atoms with E-state index in [0.717, 1.165) is 25.7 Å². The number of nitrogens with one attached hydrogen (secondary N) is 2. The van der Waals surface area contributed by atoms with E-state index >= 15 is 0 Å². The molecule has 0 aromatic heterocycles. The summed E-state index contributed by atoms with van der Waals surface area (Å²) in [6, 6.07) is -0.578. The van der Waals surface area contributed by atoms with Crippen LogP contribution >= 0.6 is 0 Å². The predicted molar refractivity (Wildman–Crippen MR) is 65.2 cm³/mol. The molecule has 6 N–H and O–H groups in total. The lowest BCUT2D eigenvalue weighted by Gasteiger charge is -2.34. The van der Waals surface area contributed by atoms with Crippen LogP contribution in [0, 0.1) is 5.41 Å². The molecule has 0 unspecified atom stereocenters. The molecule has 0 aromatic carbocycles. The second-order valence-electron chi connectivity index (χ2n) is 4.59. The summed E-state index contributed by atoms with van der Waals surface area (Å²) in [6.07, 6.45) is 5.02. The van der Waals surface area contributed by atoms with Crippen molar-refractivity contribution in [3.63, 3.8) is 0 Å². The van der Waals surface area contributed by atoms with E-state index in [0.29, 0.717) is 19.6 Å². The molecule has 1 aliphatic carbocycles. The maximum absolute atomic E-state index is 12.1. The molecule has 0 radical (unpaired) electrons. The highest BCUT2D eigenvalue weighted by Crippen LogP contribution is 2.35. The molecule has 0 aromatic rings. The molecule has 0 bridgehead atoms. The molecule has 1 saturated carbocycles. The first-order valence-corrected chi connectivity index (χ1v) is 6.12. The van der Waals surface area contributed by atoms with Gasteiger partial charge in [-0.2, -0.15) is 0 Å². The SMILES string of the molecule is NCC1(C(=O)NCCNC(N)=O)CCCCC1. The Hall–Kier alpha value is -1.30. The van der Waals surface area contributed by atoms with Crippen molar-refractivity contribution in [1.29, 1.82) is 0 Å². The van der Waals surface area contributed by atoms with Gasteiger partial charge in [-0.1, -0.05) is 19.3 Å². The summed E-state index contributed by atoms with van der Waals surface area (Å²) < 4.78 is 0. The molecule has 0 saturated heterocycles. The summed E-state index contributed by atoms with van der Waals surface area (Å²) in [4.78, 5) is 22.5. The van der Waals surface area contributed by atoms with Crippen LogP contribution in [-0.4, -0.2) is 31.6 Å². The number of primary amides is 1. The third-order valence-electron chi connectivity index (χ3n) is 3.39. The first-order valence-electron chi connectivity index (χ1n) is 6.12. The molecule has 98 valence electrons. The zero-order valence-corrected chi connectivity index (χ0v) is 10.1. The molecule has 0 atom stereocenters. The molecule has 0 aliphatic heterocycles. The standard InChI is InChI=1S/C11H22N4O2/c12-8-11(4-2-1-3-5-11)9(16)14-6-7-15-10(13)17/h1-8,12H2,(H,14,16)(H3,13,15,17). The minimum absolute atomic E-state index is 0.00553. The van der Waals surface area contributed by atoms with E-state index < -0.39 is 11.4 Å². The van der Waals surface area contributed by atoms with Crippen molar-refractivity contribution in [2.45, 2.75) is 32.1 Å². The number of hydrogen-bond acceptors (Lipinski definition) is 3. The molecular weight excluding hydrogens is 220 g/mol. The van der Waals surface area contributed by atoms with Crippen molar-refractivity contribution in [3.05, 3.63) is 0 Å². The molecule has 0 spiro atoms. The molecular formula is C11H22N4O2. The molecule has 1 aliphatic rings. The first-order chi connectivity index (χ1) is 8.10. The normalized spacial score (nSPS) is 18.4. The van der Waals surface area contributed by atoms with Crippen LogP contribution in [0.25, 0.3) is 0 Å².